The SMILES string of the molecule is Cc1cccc2nc(CS(=O)(=O)CCO)cn12. The summed E-state index contributed by atoms with van der Waals surface area (Å²) in [6.07, 6.45) is 1.72. The van der Waals surface area contributed by atoms with E-state index < -0.39 is 9.84 Å². The summed E-state index contributed by atoms with van der Waals surface area (Å²) in [6.45, 7) is 1.58. The average Bonchev–Trinajstić information content (AvgIpc) is 2.60. The summed E-state index contributed by atoms with van der Waals surface area (Å²) < 4.78 is 25.0. The summed E-state index contributed by atoms with van der Waals surface area (Å²) in [6, 6.07) is 5.64. The van der Waals surface area contributed by atoms with Gasteiger partial charge in [-0.2, -0.15) is 0 Å². The average molecular weight is 254 g/mol. The molecule has 0 aromatic carbocycles. The second-order valence-electron chi connectivity index (χ2n) is 3.94. The van der Waals surface area contributed by atoms with E-state index in [1.165, 1.54) is 0 Å². The van der Waals surface area contributed by atoms with Crippen LogP contribution < -0.4 is 0 Å². The van der Waals surface area contributed by atoms with Gasteiger partial charge in [0.2, 0.25) is 0 Å². The number of hydrogen-bond donors (Lipinski definition) is 1. The zero-order chi connectivity index (χ0) is 12.5. The zero-order valence-corrected chi connectivity index (χ0v) is 10.3. The molecule has 0 saturated heterocycles. The minimum absolute atomic E-state index is 0.130. The van der Waals surface area contributed by atoms with Crippen molar-refractivity contribution in [1.29, 1.82) is 0 Å². The van der Waals surface area contributed by atoms with Crippen LogP contribution in [0.1, 0.15) is 11.4 Å². The van der Waals surface area contributed by atoms with E-state index in [0.29, 0.717) is 5.69 Å². The molecule has 0 saturated carbocycles. The second kappa shape index (κ2) is 4.46. The molecule has 0 spiro atoms. The number of pyridine rings is 1. The van der Waals surface area contributed by atoms with E-state index in [0.717, 1.165) is 11.3 Å². The van der Waals surface area contributed by atoms with Gasteiger partial charge in [0.25, 0.3) is 0 Å². The fourth-order valence-corrected chi connectivity index (χ4v) is 2.72. The molecule has 2 heterocycles. The Labute approximate surface area is 99.6 Å². The van der Waals surface area contributed by atoms with E-state index in [1.807, 2.05) is 29.5 Å². The summed E-state index contributed by atoms with van der Waals surface area (Å²) >= 11 is 0. The number of nitrogens with zero attached hydrogens (tertiary/aromatic N) is 2. The first-order chi connectivity index (χ1) is 8.02. The molecule has 2 aromatic heterocycles. The number of aryl methyl sites for hydroxylation is 1. The molecule has 2 aromatic rings. The van der Waals surface area contributed by atoms with Gasteiger partial charge in [0.05, 0.1) is 23.8 Å². The lowest BCUT2D eigenvalue weighted by atomic mass is 10.4. The molecule has 17 heavy (non-hydrogen) atoms. The van der Waals surface area contributed by atoms with Crippen molar-refractivity contribution in [3.8, 4) is 0 Å². The van der Waals surface area contributed by atoms with Crippen LogP contribution in [0.25, 0.3) is 5.65 Å². The first-order valence-corrected chi connectivity index (χ1v) is 7.09. The van der Waals surface area contributed by atoms with Crippen molar-refractivity contribution in [3.63, 3.8) is 0 Å². The first kappa shape index (κ1) is 12.1. The lowest BCUT2D eigenvalue weighted by Crippen LogP contribution is -2.12. The molecule has 0 radical (unpaired) electrons. The monoisotopic (exact) mass is 254 g/mol. The van der Waals surface area contributed by atoms with Crippen molar-refractivity contribution in [3.05, 3.63) is 35.8 Å². The van der Waals surface area contributed by atoms with Crippen LogP contribution in [-0.4, -0.2) is 35.3 Å². The van der Waals surface area contributed by atoms with Crippen LogP contribution in [0.2, 0.25) is 0 Å². The third-order valence-corrected chi connectivity index (χ3v) is 4.06. The zero-order valence-electron chi connectivity index (χ0n) is 9.50. The Balaban J connectivity index is 2.35. The molecule has 0 aliphatic carbocycles. The quantitative estimate of drug-likeness (QED) is 0.865. The van der Waals surface area contributed by atoms with Gasteiger partial charge in [-0.15, -0.1) is 0 Å². The standard InChI is InChI=1S/C11H14N2O3S/c1-9-3-2-4-11-12-10(7-13(9)11)8-17(15,16)6-5-14/h2-4,7,14H,5-6,8H2,1H3. The summed E-state index contributed by atoms with van der Waals surface area (Å²) in [5.41, 5.74) is 2.24. The minimum Gasteiger partial charge on any atom is -0.395 e. The number of sulfone groups is 1. The predicted octanol–water partition coefficient (Wildman–Crippen LogP) is 0.550. The molecule has 0 aliphatic heterocycles. The molecule has 0 unspecified atom stereocenters. The first-order valence-electron chi connectivity index (χ1n) is 5.27. The highest BCUT2D eigenvalue weighted by molar-refractivity contribution is 7.90. The molecule has 0 atom stereocenters. The van der Waals surface area contributed by atoms with Crippen molar-refractivity contribution >= 4 is 15.5 Å². The summed E-state index contributed by atoms with van der Waals surface area (Å²) in [5, 5.41) is 8.66. The third kappa shape index (κ3) is 2.65. The number of rotatable bonds is 4. The highest BCUT2D eigenvalue weighted by Gasteiger charge is 2.14. The molecule has 2 rings (SSSR count). The van der Waals surface area contributed by atoms with Crippen molar-refractivity contribution in [2.45, 2.75) is 12.7 Å². The molecular formula is C11H14N2O3S. The largest absolute Gasteiger partial charge is 0.395 e. The number of aromatic nitrogens is 2. The van der Waals surface area contributed by atoms with E-state index in [2.05, 4.69) is 4.98 Å². The molecule has 0 aliphatic rings. The van der Waals surface area contributed by atoms with Crippen LogP contribution in [0, 0.1) is 6.92 Å². The summed E-state index contributed by atoms with van der Waals surface area (Å²) in [7, 11) is -3.27. The van der Waals surface area contributed by atoms with Crippen molar-refractivity contribution < 1.29 is 13.5 Å². The van der Waals surface area contributed by atoms with Gasteiger partial charge in [0, 0.05) is 11.9 Å². The highest BCUT2D eigenvalue weighted by atomic mass is 32.2. The Morgan fingerprint density at radius 3 is 2.82 bits per heavy atom. The van der Waals surface area contributed by atoms with Crippen molar-refractivity contribution in [2.24, 2.45) is 0 Å². The van der Waals surface area contributed by atoms with Crippen LogP contribution in [0.5, 0.6) is 0 Å². The Morgan fingerprint density at radius 1 is 1.41 bits per heavy atom. The fraction of sp³-hybridized carbons (Fsp3) is 0.364. The van der Waals surface area contributed by atoms with Crippen LogP contribution in [0.4, 0.5) is 0 Å². The lowest BCUT2D eigenvalue weighted by Gasteiger charge is -1.98. The molecular weight excluding hydrogens is 240 g/mol. The van der Waals surface area contributed by atoms with Gasteiger partial charge in [0.1, 0.15) is 5.65 Å². The fourth-order valence-electron chi connectivity index (χ4n) is 1.70. The van der Waals surface area contributed by atoms with Gasteiger partial charge in [-0.05, 0) is 19.1 Å². The normalized spacial score (nSPS) is 12.1. The van der Waals surface area contributed by atoms with E-state index in [-0.39, 0.29) is 18.1 Å². The van der Waals surface area contributed by atoms with Crippen molar-refractivity contribution in [1.82, 2.24) is 9.38 Å². The summed E-state index contributed by atoms with van der Waals surface area (Å²) in [4.78, 5) is 4.24. The third-order valence-electron chi connectivity index (χ3n) is 2.52. The van der Waals surface area contributed by atoms with Gasteiger partial charge < -0.3 is 9.51 Å². The topological polar surface area (TPSA) is 71.7 Å². The van der Waals surface area contributed by atoms with Crippen molar-refractivity contribution in [2.75, 3.05) is 12.4 Å². The number of hydrogen-bond acceptors (Lipinski definition) is 4. The van der Waals surface area contributed by atoms with Gasteiger partial charge in [-0.1, -0.05) is 6.07 Å². The molecule has 0 fully saturated rings. The second-order valence-corrected chi connectivity index (χ2v) is 6.13. The van der Waals surface area contributed by atoms with E-state index in [4.69, 9.17) is 5.11 Å². The van der Waals surface area contributed by atoms with Gasteiger partial charge in [-0.3, -0.25) is 0 Å². The maximum absolute atomic E-state index is 11.6. The number of fused-ring (bicyclic) bond motifs is 1. The van der Waals surface area contributed by atoms with E-state index >= 15 is 0 Å². The molecule has 0 bridgehead atoms. The maximum Gasteiger partial charge on any atom is 0.158 e. The van der Waals surface area contributed by atoms with Gasteiger partial charge >= 0.3 is 0 Å². The Hall–Kier alpha value is -1.40. The minimum atomic E-state index is -3.27. The molecule has 92 valence electrons. The highest BCUT2D eigenvalue weighted by Crippen LogP contribution is 2.11. The molecule has 0 amide bonds. The van der Waals surface area contributed by atoms with Crippen LogP contribution in [-0.2, 0) is 15.6 Å². The van der Waals surface area contributed by atoms with Gasteiger partial charge in [0.15, 0.2) is 9.84 Å². The molecule has 6 heteroatoms. The smallest absolute Gasteiger partial charge is 0.158 e. The summed E-state index contributed by atoms with van der Waals surface area (Å²) in [5.74, 6) is -0.353. The van der Waals surface area contributed by atoms with E-state index in [9.17, 15) is 8.42 Å². The molecule has 5 nitrogen and oxygen atoms in total. The van der Waals surface area contributed by atoms with E-state index in [1.54, 1.807) is 6.20 Å². The predicted molar refractivity (Wildman–Crippen MR) is 64.5 cm³/mol. The van der Waals surface area contributed by atoms with Crippen LogP contribution >= 0.6 is 0 Å². The van der Waals surface area contributed by atoms with Crippen LogP contribution in [0.15, 0.2) is 24.4 Å². The number of imidazole rings is 1. The Kier molecular flexibility index (Phi) is 3.17. The molecule has 1 N–H and O–H groups in total. The Bertz CT molecular complexity index is 631. The number of aliphatic hydroxyl groups excluding tert-OH is 1. The van der Waals surface area contributed by atoms with Gasteiger partial charge in [-0.25, -0.2) is 13.4 Å². The lowest BCUT2D eigenvalue weighted by molar-refractivity contribution is 0.319. The number of aliphatic hydroxyl groups is 1. The maximum atomic E-state index is 11.6. The Morgan fingerprint density at radius 2 is 2.18 bits per heavy atom. The van der Waals surface area contributed by atoms with Crippen LogP contribution in [0.3, 0.4) is 0 Å².